The topological polar surface area (TPSA) is 43.4 Å². The van der Waals surface area contributed by atoms with E-state index >= 15 is 0 Å². The number of hydrogen-bond acceptors (Lipinski definition) is 4. The summed E-state index contributed by atoms with van der Waals surface area (Å²) in [4.78, 5) is 23.8. The van der Waals surface area contributed by atoms with Gasteiger partial charge < -0.3 is 4.74 Å². The van der Waals surface area contributed by atoms with E-state index < -0.39 is 6.10 Å². The van der Waals surface area contributed by atoms with Crippen LogP contribution >= 0.6 is 22.9 Å². The van der Waals surface area contributed by atoms with Crippen LogP contribution in [0.25, 0.3) is 0 Å². The predicted octanol–water partition coefficient (Wildman–Crippen LogP) is 4.18. The fourth-order valence-corrected chi connectivity index (χ4v) is 2.94. The van der Waals surface area contributed by atoms with Crippen molar-refractivity contribution in [1.82, 2.24) is 0 Å². The number of benzene rings is 1. The summed E-state index contributed by atoms with van der Waals surface area (Å²) in [6.07, 6.45) is -0.180. The van der Waals surface area contributed by atoms with Crippen LogP contribution in [0.3, 0.4) is 0 Å². The van der Waals surface area contributed by atoms with Gasteiger partial charge in [-0.1, -0.05) is 23.7 Å². The molecule has 110 valence electrons. The number of carbonyl (C=O) groups excluding carboxylic acids is 2. The Balaban J connectivity index is 2.00. The Labute approximate surface area is 132 Å². The molecule has 0 aliphatic rings. The van der Waals surface area contributed by atoms with Crippen LogP contribution in [-0.2, 0) is 11.2 Å². The average molecular weight is 323 g/mol. The summed E-state index contributed by atoms with van der Waals surface area (Å²) in [6.45, 7) is 3.26. The van der Waals surface area contributed by atoms with Crippen LogP contribution in [0.5, 0.6) is 5.75 Å². The lowest BCUT2D eigenvalue weighted by Crippen LogP contribution is -2.23. The number of thiophene rings is 1. The molecule has 0 radical (unpaired) electrons. The summed E-state index contributed by atoms with van der Waals surface area (Å²) >= 11 is 7.07. The number of ether oxygens (including phenoxy) is 1. The first-order valence-electron chi connectivity index (χ1n) is 6.50. The quantitative estimate of drug-likeness (QED) is 0.749. The van der Waals surface area contributed by atoms with Crippen LogP contribution in [0.1, 0.15) is 29.1 Å². The largest absolute Gasteiger partial charge is 0.483 e. The molecule has 3 nitrogen and oxygen atoms in total. The van der Waals surface area contributed by atoms with Gasteiger partial charge in [0.25, 0.3) is 0 Å². The molecule has 1 atom stereocenters. The van der Waals surface area contributed by atoms with Crippen LogP contribution in [-0.4, -0.2) is 17.7 Å². The van der Waals surface area contributed by atoms with Crippen molar-refractivity contribution < 1.29 is 14.3 Å². The smallest absolute Gasteiger partial charge is 0.212 e. The number of hydrogen-bond donors (Lipinski definition) is 0. The maximum absolute atomic E-state index is 12.2. The zero-order valence-corrected chi connectivity index (χ0v) is 13.3. The second-order valence-corrected chi connectivity index (χ2v) is 6.47. The first-order chi connectivity index (χ1) is 9.95. The summed E-state index contributed by atoms with van der Waals surface area (Å²) in [5, 5.41) is 0. The van der Waals surface area contributed by atoms with Crippen LogP contribution < -0.4 is 4.74 Å². The lowest BCUT2D eigenvalue weighted by molar-refractivity contribution is -0.116. The summed E-state index contributed by atoms with van der Waals surface area (Å²) < 4.78 is 6.21. The summed E-state index contributed by atoms with van der Waals surface area (Å²) in [5.74, 6) is 0.618. The average Bonchev–Trinajstić information content (AvgIpc) is 2.86. The minimum absolute atomic E-state index is 0.0975. The fraction of sp³-hybridized carbons (Fsp3) is 0.250. The Bertz CT molecular complexity index is 646. The van der Waals surface area contributed by atoms with Crippen molar-refractivity contribution in [2.24, 2.45) is 0 Å². The Kier molecular flexibility index (Phi) is 5.15. The minimum atomic E-state index is -0.585. The monoisotopic (exact) mass is 322 g/mol. The summed E-state index contributed by atoms with van der Waals surface area (Å²) in [6, 6.07) is 10.6. The molecule has 1 unspecified atom stereocenters. The number of rotatable bonds is 6. The van der Waals surface area contributed by atoms with Gasteiger partial charge in [-0.2, -0.15) is 0 Å². The Morgan fingerprint density at radius 1 is 1.19 bits per heavy atom. The molecule has 1 heterocycles. The summed E-state index contributed by atoms with van der Waals surface area (Å²) in [5.41, 5.74) is 0.930. The van der Waals surface area contributed by atoms with Gasteiger partial charge in [-0.05, 0) is 43.7 Å². The van der Waals surface area contributed by atoms with E-state index in [0.29, 0.717) is 21.4 Å². The molecule has 0 fully saturated rings. The van der Waals surface area contributed by atoms with Gasteiger partial charge in [-0.25, -0.2) is 0 Å². The SMILES string of the molecule is CC(=O)Cc1ccc(OC(C)C(=O)c2ccc(Cl)s2)cc1. The van der Waals surface area contributed by atoms with Crippen LogP contribution in [0.4, 0.5) is 0 Å². The molecule has 0 bridgehead atoms. The molecular formula is C16H15ClO3S. The van der Waals surface area contributed by atoms with Gasteiger partial charge in [0.05, 0.1) is 9.21 Å². The zero-order chi connectivity index (χ0) is 15.4. The third kappa shape index (κ3) is 4.41. The number of ketones is 2. The van der Waals surface area contributed by atoms with Crippen molar-refractivity contribution >= 4 is 34.5 Å². The van der Waals surface area contributed by atoms with Gasteiger partial charge in [0.15, 0.2) is 6.10 Å². The van der Waals surface area contributed by atoms with Gasteiger partial charge in [-0.15, -0.1) is 11.3 Å². The fourth-order valence-electron chi connectivity index (χ4n) is 1.88. The molecule has 0 saturated heterocycles. The van der Waals surface area contributed by atoms with E-state index in [0.717, 1.165) is 5.56 Å². The van der Waals surface area contributed by atoms with Crippen molar-refractivity contribution in [3.63, 3.8) is 0 Å². The Morgan fingerprint density at radius 2 is 1.86 bits per heavy atom. The predicted molar refractivity (Wildman–Crippen MR) is 84.6 cm³/mol. The second kappa shape index (κ2) is 6.87. The molecule has 2 aromatic rings. The maximum Gasteiger partial charge on any atom is 0.212 e. The molecule has 5 heteroatoms. The van der Waals surface area contributed by atoms with Gasteiger partial charge in [0.1, 0.15) is 11.5 Å². The maximum atomic E-state index is 12.2. The lowest BCUT2D eigenvalue weighted by Gasteiger charge is -2.13. The van der Waals surface area contributed by atoms with Gasteiger partial charge in [-0.3, -0.25) is 9.59 Å². The molecule has 1 aromatic carbocycles. The van der Waals surface area contributed by atoms with Crippen LogP contribution in [0, 0.1) is 0 Å². The highest BCUT2D eigenvalue weighted by atomic mass is 35.5. The first-order valence-corrected chi connectivity index (χ1v) is 7.69. The molecule has 1 aromatic heterocycles. The molecular weight excluding hydrogens is 308 g/mol. The number of Topliss-reactive ketones (excluding diaryl/α,β-unsaturated/α-hetero) is 2. The van der Waals surface area contributed by atoms with Gasteiger partial charge in [0, 0.05) is 6.42 Å². The highest BCUT2D eigenvalue weighted by Gasteiger charge is 2.18. The highest BCUT2D eigenvalue weighted by Crippen LogP contribution is 2.24. The van der Waals surface area contributed by atoms with Crippen molar-refractivity contribution in [3.8, 4) is 5.75 Å². The van der Waals surface area contributed by atoms with E-state index in [1.807, 2.05) is 12.1 Å². The minimum Gasteiger partial charge on any atom is -0.483 e. The Hall–Kier alpha value is -1.65. The van der Waals surface area contributed by atoms with E-state index in [9.17, 15) is 9.59 Å². The van der Waals surface area contributed by atoms with Crippen LogP contribution in [0.2, 0.25) is 4.34 Å². The van der Waals surface area contributed by atoms with Crippen molar-refractivity contribution in [2.75, 3.05) is 0 Å². The number of carbonyl (C=O) groups is 2. The molecule has 0 aliphatic heterocycles. The van der Waals surface area contributed by atoms with E-state index in [-0.39, 0.29) is 11.6 Å². The summed E-state index contributed by atoms with van der Waals surface area (Å²) in [7, 11) is 0. The van der Waals surface area contributed by atoms with E-state index in [1.54, 1.807) is 38.1 Å². The van der Waals surface area contributed by atoms with Crippen LogP contribution in [0.15, 0.2) is 36.4 Å². The lowest BCUT2D eigenvalue weighted by atomic mass is 10.1. The number of halogens is 1. The third-order valence-electron chi connectivity index (χ3n) is 2.87. The molecule has 2 rings (SSSR count). The molecule has 0 aliphatic carbocycles. The molecule has 0 saturated carbocycles. The molecule has 0 spiro atoms. The van der Waals surface area contributed by atoms with Crippen molar-refractivity contribution in [3.05, 3.63) is 51.2 Å². The van der Waals surface area contributed by atoms with Crippen molar-refractivity contribution in [1.29, 1.82) is 0 Å². The van der Waals surface area contributed by atoms with E-state index in [1.165, 1.54) is 11.3 Å². The van der Waals surface area contributed by atoms with E-state index in [2.05, 4.69) is 0 Å². The van der Waals surface area contributed by atoms with Gasteiger partial charge >= 0.3 is 0 Å². The first kappa shape index (κ1) is 15.7. The zero-order valence-electron chi connectivity index (χ0n) is 11.8. The van der Waals surface area contributed by atoms with Crippen molar-refractivity contribution in [2.45, 2.75) is 26.4 Å². The molecule has 0 amide bonds. The molecule has 21 heavy (non-hydrogen) atoms. The van der Waals surface area contributed by atoms with Gasteiger partial charge in [0.2, 0.25) is 5.78 Å². The normalized spacial score (nSPS) is 12.0. The molecule has 0 N–H and O–H groups in total. The highest BCUT2D eigenvalue weighted by molar-refractivity contribution is 7.18. The Morgan fingerprint density at radius 3 is 2.38 bits per heavy atom. The second-order valence-electron chi connectivity index (χ2n) is 4.75. The van der Waals surface area contributed by atoms with E-state index in [4.69, 9.17) is 16.3 Å². The standard InChI is InChI=1S/C16H15ClO3S/c1-10(18)9-12-3-5-13(6-4-12)20-11(2)16(19)14-7-8-15(17)21-14/h3-8,11H,9H2,1-2H3. The third-order valence-corrected chi connectivity index (χ3v) is 4.12.